The zero-order valence-corrected chi connectivity index (χ0v) is 15.2. The van der Waals surface area contributed by atoms with Crippen LogP contribution >= 0.6 is 0 Å². The number of fused-ring (bicyclic) bond motifs is 1. The Labute approximate surface area is 148 Å². The molecule has 1 saturated carbocycles. The number of nitrogens with zero attached hydrogens (tertiary/aromatic N) is 5. The third kappa shape index (κ3) is 2.84. The second-order valence-electron chi connectivity index (χ2n) is 6.99. The maximum absolute atomic E-state index is 5.60. The fourth-order valence-corrected chi connectivity index (χ4v) is 3.43. The lowest BCUT2D eigenvalue weighted by molar-refractivity contribution is 0.0986. The topological polar surface area (TPSA) is 56.1 Å². The van der Waals surface area contributed by atoms with Crippen molar-refractivity contribution in [2.45, 2.75) is 38.6 Å². The first-order valence-electron chi connectivity index (χ1n) is 9.01. The Morgan fingerprint density at radius 1 is 1.28 bits per heavy atom. The minimum absolute atomic E-state index is 0.265. The molecule has 25 heavy (non-hydrogen) atoms. The Balaban J connectivity index is 1.91. The summed E-state index contributed by atoms with van der Waals surface area (Å²) in [5, 5.41) is 0. The van der Waals surface area contributed by atoms with Gasteiger partial charge in [0.1, 0.15) is 5.82 Å². The normalized spacial score (nSPS) is 21.4. The van der Waals surface area contributed by atoms with Crippen molar-refractivity contribution in [1.82, 2.24) is 19.5 Å². The summed E-state index contributed by atoms with van der Waals surface area (Å²) in [6, 6.07) is 0.265. The summed E-state index contributed by atoms with van der Waals surface area (Å²) in [6.45, 7) is 10.5. The van der Waals surface area contributed by atoms with E-state index in [4.69, 9.17) is 19.7 Å². The number of rotatable bonds is 4. The molecule has 2 fully saturated rings. The first-order chi connectivity index (χ1) is 12.1. The molecule has 6 heteroatoms. The van der Waals surface area contributed by atoms with Crippen LogP contribution in [0.25, 0.3) is 16.7 Å². The number of imidazole rings is 1. The molecule has 0 N–H and O–H groups in total. The van der Waals surface area contributed by atoms with Crippen molar-refractivity contribution in [3.05, 3.63) is 30.4 Å². The van der Waals surface area contributed by atoms with E-state index in [2.05, 4.69) is 30.0 Å². The number of hydrogen-bond donors (Lipinski definition) is 0. The van der Waals surface area contributed by atoms with E-state index in [0.29, 0.717) is 25.0 Å². The van der Waals surface area contributed by atoms with Crippen LogP contribution in [-0.2, 0) is 11.8 Å². The molecule has 1 atom stereocenters. The van der Waals surface area contributed by atoms with Crippen LogP contribution in [0.5, 0.6) is 0 Å². The average molecular weight is 339 g/mol. The fraction of sp³-hybridized carbons (Fsp3) is 0.526. The van der Waals surface area contributed by atoms with Gasteiger partial charge in [-0.15, -0.1) is 0 Å². The molecular formula is C19H25N5O. The fourth-order valence-electron chi connectivity index (χ4n) is 3.43. The summed E-state index contributed by atoms with van der Waals surface area (Å²) in [5.74, 6) is 3.27. The van der Waals surface area contributed by atoms with Gasteiger partial charge >= 0.3 is 0 Å². The minimum Gasteiger partial charge on any atom is -0.377 e. The van der Waals surface area contributed by atoms with Gasteiger partial charge in [0.2, 0.25) is 0 Å². The van der Waals surface area contributed by atoms with Gasteiger partial charge in [-0.2, -0.15) is 0 Å². The Hall–Kier alpha value is -2.21. The Morgan fingerprint density at radius 2 is 2.08 bits per heavy atom. The Morgan fingerprint density at radius 3 is 2.76 bits per heavy atom. The highest BCUT2D eigenvalue weighted by Crippen LogP contribution is 2.41. The van der Waals surface area contributed by atoms with Gasteiger partial charge in [0.25, 0.3) is 0 Å². The molecule has 0 radical (unpaired) electrons. The Kier molecular flexibility index (Phi) is 4.07. The van der Waals surface area contributed by atoms with Crippen LogP contribution in [0.4, 0.5) is 5.82 Å². The number of aromatic nitrogens is 4. The third-order valence-corrected chi connectivity index (χ3v) is 4.97. The van der Waals surface area contributed by atoms with E-state index >= 15 is 0 Å². The van der Waals surface area contributed by atoms with Gasteiger partial charge in [-0.25, -0.2) is 15.0 Å². The van der Waals surface area contributed by atoms with E-state index in [1.165, 1.54) is 12.8 Å². The van der Waals surface area contributed by atoms with E-state index in [1.807, 2.05) is 19.1 Å². The van der Waals surface area contributed by atoms with E-state index in [9.17, 15) is 0 Å². The number of ether oxygens (including phenoxy) is 1. The monoisotopic (exact) mass is 339 g/mol. The SMILES string of the molecule is C=C(C=CC)c1nc(N2CCOCC2C)c2nc(C3CC3)n(C)c2n1. The summed E-state index contributed by atoms with van der Waals surface area (Å²) in [5.41, 5.74) is 2.61. The largest absolute Gasteiger partial charge is 0.377 e. The van der Waals surface area contributed by atoms with Gasteiger partial charge in [-0.1, -0.05) is 18.7 Å². The van der Waals surface area contributed by atoms with E-state index in [1.54, 1.807) is 0 Å². The lowest BCUT2D eigenvalue weighted by Crippen LogP contribution is -2.44. The number of aryl methyl sites for hydroxylation is 1. The highest BCUT2D eigenvalue weighted by atomic mass is 16.5. The van der Waals surface area contributed by atoms with Crippen LogP contribution in [0.2, 0.25) is 0 Å². The number of allylic oxidation sites excluding steroid dienone is 3. The van der Waals surface area contributed by atoms with Crippen LogP contribution in [0, 0.1) is 0 Å². The van der Waals surface area contributed by atoms with E-state index < -0.39 is 0 Å². The molecule has 2 aromatic heterocycles. The molecule has 1 saturated heterocycles. The first kappa shape index (κ1) is 16.3. The zero-order chi connectivity index (χ0) is 17.6. The molecular weight excluding hydrogens is 314 g/mol. The maximum atomic E-state index is 5.60. The summed E-state index contributed by atoms with van der Waals surface area (Å²) in [7, 11) is 2.06. The molecule has 2 aromatic rings. The quantitative estimate of drug-likeness (QED) is 0.801. The Bertz CT molecular complexity index is 849. The number of anilines is 1. The second-order valence-corrected chi connectivity index (χ2v) is 6.99. The van der Waals surface area contributed by atoms with Gasteiger partial charge < -0.3 is 14.2 Å². The van der Waals surface area contributed by atoms with Crippen LogP contribution < -0.4 is 4.90 Å². The van der Waals surface area contributed by atoms with Crippen molar-refractivity contribution in [3.63, 3.8) is 0 Å². The van der Waals surface area contributed by atoms with Crippen LogP contribution in [0.1, 0.15) is 44.3 Å². The van der Waals surface area contributed by atoms with Crippen LogP contribution in [0.3, 0.4) is 0 Å². The average Bonchev–Trinajstić information content (AvgIpc) is 3.39. The molecule has 0 spiro atoms. The molecule has 1 aliphatic heterocycles. The molecule has 2 aliphatic rings. The summed E-state index contributed by atoms with van der Waals surface area (Å²) in [4.78, 5) is 16.9. The third-order valence-electron chi connectivity index (χ3n) is 4.97. The summed E-state index contributed by atoms with van der Waals surface area (Å²) < 4.78 is 7.73. The molecule has 0 amide bonds. The zero-order valence-electron chi connectivity index (χ0n) is 15.2. The number of hydrogen-bond acceptors (Lipinski definition) is 5. The molecule has 3 heterocycles. The maximum Gasteiger partial charge on any atom is 0.166 e. The van der Waals surface area contributed by atoms with Gasteiger partial charge in [0, 0.05) is 25.1 Å². The molecule has 1 aliphatic carbocycles. The molecule has 6 nitrogen and oxygen atoms in total. The van der Waals surface area contributed by atoms with E-state index in [-0.39, 0.29) is 6.04 Å². The van der Waals surface area contributed by atoms with Gasteiger partial charge in [0.05, 0.1) is 19.3 Å². The van der Waals surface area contributed by atoms with Crippen molar-refractivity contribution in [2.24, 2.45) is 7.05 Å². The summed E-state index contributed by atoms with van der Waals surface area (Å²) >= 11 is 0. The van der Waals surface area contributed by atoms with Crippen molar-refractivity contribution in [1.29, 1.82) is 0 Å². The lowest BCUT2D eigenvalue weighted by atomic mass is 10.2. The van der Waals surface area contributed by atoms with Crippen molar-refractivity contribution in [3.8, 4) is 0 Å². The predicted octanol–water partition coefficient (Wildman–Crippen LogP) is 3.06. The van der Waals surface area contributed by atoms with Crippen LogP contribution in [-0.4, -0.2) is 45.3 Å². The van der Waals surface area contributed by atoms with E-state index in [0.717, 1.165) is 34.9 Å². The summed E-state index contributed by atoms with van der Waals surface area (Å²) in [6.07, 6.45) is 6.34. The highest BCUT2D eigenvalue weighted by molar-refractivity contribution is 5.86. The standard InChI is InChI=1S/C19H25N5O/c1-5-6-12(2)16-21-18-15(20-17(23(18)4)14-7-8-14)19(22-16)24-9-10-25-11-13(24)3/h5-6,13-14H,2,7-11H2,1,3-4H3. The van der Waals surface area contributed by atoms with Crippen molar-refractivity contribution in [2.75, 3.05) is 24.7 Å². The molecule has 4 rings (SSSR count). The first-order valence-corrected chi connectivity index (χ1v) is 9.01. The minimum atomic E-state index is 0.265. The van der Waals surface area contributed by atoms with Gasteiger partial charge in [0.15, 0.2) is 22.8 Å². The molecule has 132 valence electrons. The number of morpholine rings is 1. The van der Waals surface area contributed by atoms with Gasteiger partial charge in [-0.3, -0.25) is 0 Å². The molecule has 0 bridgehead atoms. The predicted molar refractivity (Wildman–Crippen MR) is 99.8 cm³/mol. The lowest BCUT2D eigenvalue weighted by Gasteiger charge is -2.34. The van der Waals surface area contributed by atoms with Crippen molar-refractivity contribution >= 4 is 22.6 Å². The highest BCUT2D eigenvalue weighted by Gasteiger charge is 2.32. The van der Waals surface area contributed by atoms with Gasteiger partial charge in [-0.05, 0) is 26.7 Å². The van der Waals surface area contributed by atoms with Crippen LogP contribution in [0.15, 0.2) is 18.7 Å². The second kappa shape index (κ2) is 6.26. The smallest absolute Gasteiger partial charge is 0.166 e. The van der Waals surface area contributed by atoms with Crippen molar-refractivity contribution < 1.29 is 4.74 Å². The molecule has 1 unspecified atom stereocenters. The molecule has 0 aromatic carbocycles.